The van der Waals surface area contributed by atoms with Crippen molar-refractivity contribution in [1.82, 2.24) is 10.3 Å². The van der Waals surface area contributed by atoms with Crippen molar-refractivity contribution in [3.63, 3.8) is 0 Å². The monoisotopic (exact) mass is 400 g/mol. The fourth-order valence-electron chi connectivity index (χ4n) is 2.91. The van der Waals surface area contributed by atoms with Crippen LogP contribution in [0, 0.1) is 0 Å². The van der Waals surface area contributed by atoms with Crippen molar-refractivity contribution >= 4 is 28.4 Å². The molecule has 2 aromatic carbocycles. The van der Waals surface area contributed by atoms with Gasteiger partial charge in [-0.15, -0.1) is 0 Å². The molecule has 1 atom stereocenters. The average Bonchev–Trinajstić information content (AvgIpc) is 2.73. The molecule has 7 heteroatoms. The maximum atomic E-state index is 12.4. The fourth-order valence-corrected chi connectivity index (χ4v) is 3.13. The number of carbonyl (C=O) groups is 1. The topological polar surface area (TPSA) is 69.7 Å². The second-order valence-corrected chi connectivity index (χ2v) is 6.54. The zero-order chi connectivity index (χ0) is 20.1. The van der Waals surface area contributed by atoms with E-state index in [1.807, 2.05) is 19.1 Å². The van der Waals surface area contributed by atoms with E-state index in [-0.39, 0.29) is 18.6 Å². The van der Waals surface area contributed by atoms with Crippen molar-refractivity contribution in [2.45, 2.75) is 13.0 Å². The summed E-state index contributed by atoms with van der Waals surface area (Å²) in [6, 6.07) is 12.2. The molecule has 0 bridgehead atoms. The molecule has 3 rings (SSSR count). The smallest absolute Gasteiger partial charge is 0.258 e. The molecule has 1 aromatic heterocycles. The van der Waals surface area contributed by atoms with Crippen LogP contribution < -0.4 is 19.5 Å². The molecule has 3 aromatic rings. The Kier molecular flexibility index (Phi) is 6.21. The number of fused-ring (bicyclic) bond motifs is 1. The van der Waals surface area contributed by atoms with Gasteiger partial charge in [0.25, 0.3) is 5.91 Å². The van der Waals surface area contributed by atoms with Crippen LogP contribution in [0.4, 0.5) is 0 Å². The lowest BCUT2D eigenvalue weighted by Crippen LogP contribution is -2.31. The van der Waals surface area contributed by atoms with Crippen LogP contribution in [-0.4, -0.2) is 31.7 Å². The van der Waals surface area contributed by atoms with Gasteiger partial charge in [-0.3, -0.25) is 9.78 Å². The Hall–Kier alpha value is -2.99. The number of hydrogen-bond donors (Lipinski definition) is 1. The number of nitrogens with zero attached hydrogens (tertiary/aromatic N) is 1. The van der Waals surface area contributed by atoms with Crippen molar-refractivity contribution in [2.75, 3.05) is 20.8 Å². The van der Waals surface area contributed by atoms with Gasteiger partial charge in [-0.2, -0.15) is 0 Å². The Morgan fingerprint density at radius 1 is 1.14 bits per heavy atom. The normalized spacial score (nSPS) is 11.7. The number of methoxy groups -OCH3 is 2. The van der Waals surface area contributed by atoms with Gasteiger partial charge in [0.2, 0.25) is 0 Å². The number of halogens is 1. The van der Waals surface area contributed by atoms with E-state index in [0.717, 1.165) is 10.9 Å². The molecular weight excluding hydrogens is 380 g/mol. The molecule has 146 valence electrons. The molecule has 0 saturated carbocycles. The Balaban J connectivity index is 1.69. The summed E-state index contributed by atoms with van der Waals surface area (Å²) in [5, 5.41) is 4.26. The lowest BCUT2D eigenvalue weighted by atomic mass is 10.1. The molecule has 1 amide bonds. The molecule has 0 aliphatic rings. The first kappa shape index (κ1) is 19.8. The molecule has 6 nitrogen and oxygen atoms in total. The second-order valence-electron chi connectivity index (χ2n) is 6.13. The number of hydrogen-bond acceptors (Lipinski definition) is 5. The van der Waals surface area contributed by atoms with Crippen molar-refractivity contribution in [2.24, 2.45) is 0 Å². The molecule has 0 fully saturated rings. The Morgan fingerprint density at radius 3 is 2.68 bits per heavy atom. The maximum Gasteiger partial charge on any atom is 0.258 e. The van der Waals surface area contributed by atoms with Crippen molar-refractivity contribution in [3.05, 3.63) is 59.2 Å². The predicted molar refractivity (Wildman–Crippen MR) is 108 cm³/mol. The summed E-state index contributed by atoms with van der Waals surface area (Å²) in [6.07, 6.45) is 1.66. The predicted octanol–water partition coefficient (Wildman–Crippen LogP) is 4.16. The molecule has 0 radical (unpaired) electrons. The summed E-state index contributed by atoms with van der Waals surface area (Å²) >= 11 is 6.18. The number of rotatable bonds is 7. The van der Waals surface area contributed by atoms with Crippen LogP contribution in [-0.2, 0) is 4.79 Å². The third-order valence-corrected chi connectivity index (χ3v) is 4.65. The van der Waals surface area contributed by atoms with Crippen LogP contribution in [0.1, 0.15) is 18.5 Å². The van der Waals surface area contributed by atoms with Gasteiger partial charge in [0, 0.05) is 17.1 Å². The molecule has 1 heterocycles. The Morgan fingerprint density at radius 2 is 1.93 bits per heavy atom. The molecule has 0 spiro atoms. The molecular formula is C21H21ClN2O4. The fraction of sp³-hybridized carbons (Fsp3) is 0.238. The first-order valence-corrected chi connectivity index (χ1v) is 9.08. The highest BCUT2D eigenvalue weighted by Gasteiger charge is 2.16. The highest BCUT2D eigenvalue weighted by atomic mass is 35.5. The minimum atomic E-state index is -0.291. The minimum absolute atomic E-state index is 0.149. The van der Waals surface area contributed by atoms with Crippen LogP contribution in [0.3, 0.4) is 0 Å². The number of ether oxygens (including phenoxy) is 3. The first-order chi connectivity index (χ1) is 13.5. The van der Waals surface area contributed by atoms with Crippen molar-refractivity contribution in [1.29, 1.82) is 0 Å². The zero-order valence-electron chi connectivity index (χ0n) is 15.9. The van der Waals surface area contributed by atoms with E-state index in [0.29, 0.717) is 27.8 Å². The maximum absolute atomic E-state index is 12.4. The van der Waals surface area contributed by atoms with Crippen LogP contribution >= 0.6 is 11.6 Å². The lowest BCUT2D eigenvalue weighted by Gasteiger charge is -2.18. The van der Waals surface area contributed by atoms with E-state index >= 15 is 0 Å². The minimum Gasteiger partial charge on any atom is -0.497 e. The zero-order valence-corrected chi connectivity index (χ0v) is 16.6. The van der Waals surface area contributed by atoms with Gasteiger partial charge in [-0.1, -0.05) is 11.6 Å². The summed E-state index contributed by atoms with van der Waals surface area (Å²) in [5.74, 6) is 1.59. The van der Waals surface area contributed by atoms with Crippen molar-refractivity contribution < 1.29 is 19.0 Å². The van der Waals surface area contributed by atoms with Gasteiger partial charge in [0.15, 0.2) is 6.61 Å². The van der Waals surface area contributed by atoms with E-state index in [1.165, 1.54) is 0 Å². The molecule has 0 aliphatic carbocycles. The van der Waals surface area contributed by atoms with Crippen molar-refractivity contribution in [3.8, 4) is 17.2 Å². The molecule has 0 aliphatic heterocycles. The van der Waals surface area contributed by atoms with E-state index in [9.17, 15) is 4.79 Å². The van der Waals surface area contributed by atoms with Gasteiger partial charge in [0.1, 0.15) is 22.8 Å². The molecule has 1 N–H and O–H groups in total. The summed E-state index contributed by atoms with van der Waals surface area (Å²) in [5.41, 5.74) is 1.43. The SMILES string of the molecule is COc1ccc(OC)c([C@@H](C)NC(=O)COc2ccc(Cl)c3cccnc23)c1. The number of carbonyl (C=O) groups excluding carboxylic acids is 1. The van der Waals surface area contributed by atoms with Crippen LogP contribution in [0.2, 0.25) is 5.02 Å². The summed E-state index contributed by atoms with van der Waals surface area (Å²) in [4.78, 5) is 16.7. The highest BCUT2D eigenvalue weighted by Crippen LogP contribution is 2.30. The van der Waals surface area contributed by atoms with Gasteiger partial charge in [-0.25, -0.2) is 0 Å². The van der Waals surface area contributed by atoms with E-state index in [2.05, 4.69) is 10.3 Å². The average molecular weight is 401 g/mol. The molecule has 0 unspecified atom stereocenters. The molecule has 28 heavy (non-hydrogen) atoms. The molecule has 0 saturated heterocycles. The summed E-state index contributed by atoms with van der Waals surface area (Å²) < 4.78 is 16.3. The second kappa shape index (κ2) is 8.80. The van der Waals surface area contributed by atoms with Gasteiger partial charge >= 0.3 is 0 Å². The van der Waals surface area contributed by atoms with Crippen LogP contribution in [0.15, 0.2) is 48.7 Å². The van der Waals surface area contributed by atoms with E-state index in [1.54, 1.807) is 50.7 Å². The van der Waals surface area contributed by atoms with Crippen LogP contribution in [0.25, 0.3) is 10.9 Å². The summed E-state index contributed by atoms with van der Waals surface area (Å²) in [6.45, 7) is 1.72. The van der Waals surface area contributed by atoms with Gasteiger partial charge in [0.05, 0.1) is 25.3 Å². The number of aromatic nitrogens is 1. The number of amides is 1. The Bertz CT molecular complexity index is 993. The first-order valence-electron chi connectivity index (χ1n) is 8.70. The standard InChI is InChI=1S/C21H21ClN2O4/c1-13(16-11-14(26-2)6-8-18(16)27-3)24-20(25)12-28-19-9-7-17(22)15-5-4-10-23-21(15)19/h4-11,13H,12H2,1-3H3,(H,24,25)/t13-/m1/s1. The third kappa shape index (κ3) is 4.28. The lowest BCUT2D eigenvalue weighted by molar-refractivity contribution is -0.123. The number of nitrogens with one attached hydrogen (secondary N) is 1. The van der Waals surface area contributed by atoms with Gasteiger partial charge in [-0.05, 0) is 49.4 Å². The van der Waals surface area contributed by atoms with E-state index in [4.69, 9.17) is 25.8 Å². The van der Waals surface area contributed by atoms with Crippen LogP contribution in [0.5, 0.6) is 17.2 Å². The number of benzene rings is 2. The Labute approximate surface area is 168 Å². The number of pyridine rings is 1. The summed E-state index contributed by atoms with van der Waals surface area (Å²) in [7, 11) is 3.18. The van der Waals surface area contributed by atoms with E-state index < -0.39 is 0 Å². The van der Waals surface area contributed by atoms with Gasteiger partial charge < -0.3 is 19.5 Å². The largest absolute Gasteiger partial charge is 0.497 e. The highest BCUT2D eigenvalue weighted by molar-refractivity contribution is 6.35. The quantitative estimate of drug-likeness (QED) is 0.644. The third-order valence-electron chi connectivity index (χ3n) is 4.32.